The van der Waals surface area contributed by atoms with Crippen molar-refractivity contribution in [3.05, 3.63) is 88.2 Å². The Labute approximate surface area is 177 Å². The Balaban J connectivity index is 1.47. The number of hydrogen-bond acceptors (Lipinski definition) is 4. The number of nitrogens with one attached hydrogen (secondary N) is 2. The van der Waals surface area contributed by atoms with E-state index in [9.17, 15) is 9.59 Å². The van der Waals surface area contributed by atoms with E-state index in [4.69, 9.17) is 27.9 Å². The molecule has 0 radical (unpaired) electrons. The van der Waals surface area contributed by atoms with Crippen LogP contribution in [0.5, 0.6) is 5.75 Å². The largest absolute Gasteiger partial charge is 0.482 e. The zero-order valence-corrected chi connectivity index (χ0v) is 16.7. The number of nitrogens with zero attached hydrogens (tertiary/aromatic N) is 1. The second kappa shape index (κ2) is 9.91. The lowest BCUT2D eigenvalue weighted by Gasteiger charge is -2.10. The highest BCUT2D eigenvalue weighted by Crippen LogP contribution is 2.27. The summed E-state index contributed by atoms with van der Waals surface area (Å²) in [7, 11) is 0. The number of hydrogen-bond donors (Lipinski definition) is 2. The van der Waals surface area contributed by atoms with Crippen molar-refractivity contribution in [3.63, 3.8) is 0 Å². The number of carbonyl (C=O) groups is 2. The lowest BCUT2D eigenvalue weighted by Crippen LogP contribution is -2.23. The highest BCUT2D eigenvalue weighted by atomic mass is 35.5. The number of rotatable bonds is 7. The number of aromatic nitrogens is 1. The number of benzene rings is 2. The van der Waals surface area contributed by atoms with Crippen molar-refractivity contribution in [1.29, 1.82) is 0 Å². The predicted molar refractivity (Wildman–Crippen MR) is 112 cm³/mol. The standard InChI is InChI=1S/C21H17Cl2N3O3/c22-16-5-8-19(18(23)10-16)29-13-20(27)26-17-6-3-14(4-7-17)11-25-21(28)15-2-1-9-24-12-15/h1-10,12H,11,13H2,(H,25,28)(H,26,27). The van der Waals surface area contributed by atoms with E-state index in [0.29, 0.717) is 33.6 Å². The lowest BCUT2D eigenvalue weighted by atomic mass is 10.2. The summed E-state index contributed by atoms with van der Waals surface area (Å²) in [4.78, 5) is 28.0. The molecule has 0 saturated carbocycles. The second-order valence-electron chi connectivity index (χ2n) is 6.03. The molecule has 0 spiro atoms. The number of carbonyl (C=O) groups excluding carboxylic acids is 2. The van der Waals surface area contributed by atoms with Crippen LogP contribution in [0.2, 0.25) is 10.0 Å². The molecule has 1 aromatic heterocycles. The minimum atomic E-state index is -0.325. The van der Waals surface area contributed by atoms with Gasteiger partial charge in [-0.1, -0.05) is 35.3 Å². The SMILES string of the molecule is O=C(COc1ccc(Cl)cc1Cl)Nc1ccc(CNC(=O)c2cccnc2)cc1. The molecule has 0 fully saturated rings. The van der Waals surface area contributed by atoms with E-state index in [1.165, 1.54) is 6.20 Å². The first kappa shape index (κ1) is 20.6. The maximum Gasteiger partial charge on any atom is 0.262 e. The smallest absolute Gasteiger partial charge is 0.262 e. The number of anilines is 1. The van der Waals surface area contributed by atoms with Crippen LogP contribution in [0.25, 0.3) is 0 Å². The fourth-order valence-electron chi connectivity index (χ4n) is 2.42. The molecule has 29 heavy (non-hydrogen) atoms. The van der Waals surface area contributed by atoms with Crippen molar-refractivity contribution in [2.75, 3.05) is 11.9 Å². The normalized spacial score (nSPS) is 10.3. The first-order chi connectivity index (χ1) is 14.0. The molecular weight excluding hydrogens is 413 g/mol. The van der Waals surface area contributed by atoms with Crippen molar-refractivity contribution in [2.45, 2.75) is 6.54 Å². The molecule has 3 rings (SSSR count). The van der Waals surface area contributed by atoms with E-state index in [1.807, 2.05) is 12.1 Å². The first-order valence-electron chi connectivity index (χ1n) is 8.66. The molecule has 2 amide bonds. The van der Waals surface area contributed by atoms with Crippen LogP contribution in [0.15, 0.2) is 67.0 Å². The molecule has 0 unspecified atom stereocenters. The molecule has 148 valence electrons. The summed E-state index contributed by atoms with van der Waals surface area (Å²) in [5, 5.41) is 6.37. The van der Waals surface area contributed by atoms with Gasteiger partial charge in [0.1, 0.15) is 5.75 Å². The van der Waals surface area contributed by atoms with Gasteiger partial charge in [-0.2, -0.15) is 0 Å². The van der Waals surface area contributed by atoms with Gasteiger partial charge in [-0.3, -0.25) is 14.6 Å². The fourth-order valence-corrected chi connectivity index (χ4v) is 2.88. The molecular formula is C21H17Cl2N3O3. The van der Waals surface area contributed by atoms with Gasteiger partial charge in [0, 0.05) is 29.6 Å². The van der Waals surface area contributed by atoms with E-state index in [0.717, 1.165) is 5.56 Å². The zero-order chi connectivity index (χ0) is 20.6. The van der Waals surface area contributed by atoms with Crippen LogP contribution in [0, 0.1) is 0 Å². The average Bonchev–Trinajstić information content (AvgIpc) is 2.73. The van der Waals surface area contributed by atoms with E-state index in [2.05, 4.69) is 15.6 Å². The quantitative estimate of drug-likeness (QED) is 0.585. The van der Waals surface area contributed by atoms with Crippen LogP contribution in [-0.4, -0.2) is 23.4 Å². The summed E-state index contributed by atoms with van der Waals surface area (Å²) in [5.41, 5.74) is 2.00. The number of amides is 2. The number of pyridine rings is 1. The molecule has 3 aromatic rings. The summed E-state index contributed by atoms with van der Waals surface area (Å²) in [5.74, 6) is -0.145. The molecule has 0 aliphatic heterocycles. The Hall–Kier alpha value is -3.09. The summed E-state index contributed by atoms with van der Waals surface area (Å²) >= 11 is 11.8. The monoisotopic (exact) mass is 429 g/mol. The van der Waals surface area contributed by atoms with Crippen molar-refractivity contribution >= 4 is 40.7 Å². The molecule has 1 heterocycles. The molecule has 2 aromatic carbocycles. The molecule has 2 N–H and O–H groups in total. The van der Waals surface area contributed by atoms with E-state index in [-0.39, 0.29) is 18.4 Å². The van der Waals surface area contributed by atoms with Gasteiger partial charge in [-0.05, 0) is 48.0 Å². The molecule has 0 atom stereocenters. The molecule has 0 aliphatic rings. The third kappa shape index (κ3) is 6.20. The minimum absolute atomic E-state index is 0.190. The van der Waals surface area contributed by atoms with E-state index >= 15 is 0 Å². The molecule has 0 bridgehead atoms. The third-order valence-corrected chi connectivity index (χ3v) is 4.40. The highest BCUT2D eigenvalue weighted by Gasteiger charge is 2.08. The zero-order valence-electron chi connectivity index (χ0n) is 15.2. The maximum atomic E-state index is 12.1. The Morgan fingerprint density at radius 1 is 1.03 bits per heavy atom. The van der Waals surface area contributed by atoms with Crippen LogP contribution in [0.3, 0.4) is 0 Å². The Morgan fingerprint density at radius 3 is 2.52 bits per heavy atom. The summed E-state index contributed by atoms with van der Waals surface area (Å²) in [6, 6.07) is 15.3. The first-order valence-corrected chi connectivity index (χ1v) is 9.42. The fraction of sp³-hybridized carbons (Fsp3) is 0.0952. The van der Waals surface area contributed by atoms with Crippen molar-refractivity contribution in [1.82, 2.24) is 10.3 Å². The van der Waals surface area contributed by atoms with Crippen molar-refractivity contribution < 1.29 is 14.3 Å². The Kier molecular flexibility index (Phi) is 7.05. The second-order valence-corrected chi connectivity index (χ2v) is 6.88. The van der Waals surface area contributed by atoms with Gasteiger partial charge < -0.3 is 15.4 Å². The summed E-state index contributed by atoms with van der Waals surface area (Å²) in [6.07, 6.45) is 3.12. The van der Waals surface area contributed by atoms with Crippen LogP contribution >= 0.6 is 23.2 Å². The lowest BCUT2D eigenvalue weighted by molar-refractivity contribution is -0.118. The maximum absolute atomic E-state index is 12.1. The summed E-state index contributed by atoms with van der Waals surface area (Å²) in [6.45, 7) is 0.171. The van der Waals surface area contributed by atoms with Crippen LogP contribution < -0.4 is 15.4 Å². The average molecular weight is 430 g/mol. The van der Waals surface area contributed by atoms with Crippen LogP contribution in [-0.2, 0) is 11.3 Å². The predicted octanol–water partition coefficient (Wildman–Crippen LogP) is 4.34. The van der Waals surface area contributed by atoms with Gasteiger partial charge in [0.2, 0.25) is 0 Å². The van der Waals surface area contributed by atoms with Crippen molar-refractivity contribution in [2.24, 2.45) is 0 Å². The van der Waals surface area contributed by atoms with Crippen LogP contribution in [0.1, 0.15) is 15.9 Å². The Morgan fingerprint density at radius 2 is 1.83 bits per heavy atom. The third-order valence-electron chi connectivity index (χ3n) is 3.87. The van der Waals surface area contributed by atoms with Crippen molar-refractivity contribution in [3.8, 4) is 5.75 Å². The van der Waals surface area contributed by atoms with Gasteiger partial charge in [0.05, 0.1) is 10.6 Å². The van der Waals surface area contributed by atoms with Gasteiger partial charge in [-0.25, -0.2) is 0 Å². The number of ether oxygens (including phenoxy) is 1. The van der Waals surface area contributed by atoms with E-state index < -0.39 is 0 Å². The molecule has 0 saturated heterocycles. The molecule has 0 aliphatic carbocycles. The highest BCUT2D eigenvalue weighted by molar-refractivity contribution is 6.35. The molecule has 8 heteroatoms. The molecule has 6 nitrogen and oxygen atoms in total. The van der Waals surface area contributed by atoms with Gasteiger partial charge in [0.15, 0.2) is 6.61 Å². The summed E-state index contributed by atoms with van der Waals surface area (Å²) < 4.78 is 5.40. The number of halogens is 2. The van der Waals surface area contributed by atoms with E-state index in [1.54, 1.807) is 48.7 Å². The Bertz CT molecular complexity index is 996. The minimum Gasteiger partial charge on any atom is -0.482 e. The van der Waals surface area contributed by atoms with Gasteiger partial charge in [0.25, 0.3) is 11.8 Å². The van der Waals surface area contributed by atoms with Gasteiger partial charge in [-0.15, -0.1) is 0 Å². The topological polar surface area (TPSA) is 80.3 Å². The van der Waals surface area contributed by atoms with Crippen LogP contribution in [0.4, 0.5) is 5.69 Å². The van der Waals surface area contributed by atoms with Gasteiger partial charge >= 0.3 is 0 Å².